The van der Waals surface area contributed by atoms with E-state index in [0.29, 0.717) is 5.95 Å². The summed E-state index contributed by atoms with van der Waals surface area (Å²) in [7, 11) is 4.11. The quantitative estimate of drug-likeness (QED) is 0.849. The molecular formula is C12H18N4. The van der Waals surface area contributed by atoms with Crippen LogP contribution >= 0.6 is 0 Å². The number of likely N-dealkylation sites (N-methyl/N-ethyl adjacent to an activating group) is 1. The zero-order valence-electron chi connectivity index (χ0n) is 10.1. The first kappa shape index (κ1) is 11.0. The molecule has 2 rings (SSSR count). The van der Waals surface area contributed by atoms with Gasteiger partial charge in [0.1, 0.15) is 0 Å². The van der Waals surface area contributed by atoms with Crippen LogP contribution in [0, 0.1) is 6.92 Å². The van der Waals surface area contributed by atoms with Crippen LogP contribution in [0.4, 0.5) is 5.95 Å². The van der Waals surface area contributed by atoms with Crippen LogP contribution in [0.2, 0.25) is 0 Å². The number of imidazole rings is 1. The minimum atomic E-state index is 0.603. The summed E-state index contributed by atoms with van der Waals surface area (Å²) in [6, 6.07) is 6.18. The smallest absolute Gasteiger partial charge is 0.201 e. The second-order valence-corrected chi connectivity index (χ2v) is 4.37. The summed E-state index contributed by atoms with van der Waals surface area (Å²) in [6.07, 6.45) is 0. The van der Waals surface area contributed by atoms with E-state index in [0.717, 1.165) is 24.1 Å². The van der Waals surface area contributed by atoms with E-state index in [4.69, 9.17) is 5.73 Å². The maximum Gasteiger partial charge on any atom is 0.201 e. The van der Waals surface area contributed by atoms with E-state index in [9.17, 15) is 0 Å². The molecule has 0 atom stereocenters. The highest BCUT2D eigenvalue weighted by atomic mass is 15.2. The van der Waals surface area contributed by atoms with Crippen molar-refractivity contribution in [1.82, 2.24) is 14.5 Å². The molecule has 2 aromatic rings. The number of rotatable bonds is 3. The molecule has 0 aliphatic heterocycles. The molecule has 0 bridgehead atoms. The molecule has 16 heavy (non-hydrogen) atoms. The molecule has 1 aromatic heterocycles. The Morgan fingerprint density at radius 2 is 2.12 bits per heavy atom. The number of fused-ring (bicyclic) bond motifs is 1. The van der Waals surface area contributed by atoms with Crippen molar-refractivity contribution in [1.29, 1.82) is 0 Å². The van der Waals surface area contributed by atoms with Crippen LogP contribution in [0.5, 0.6) is 0 Å². The number of hydrogen-bond acceptors (Lipinski definition) is 3. The number of hydrogen-bond donors (Lipinski definition) is 1. The third-order valence-corrected chi connectivity index (χ3v) is 2.78. The van der Waals surface area contributed by atoms with Crippen LogP contribution in [-0.4, -0.2) is 35.1 Å². The van der Waals surface area contributed by atoms with Crippen molar-refractivity contribution in [3.63, 3.8) is 0 Å². The lowest BCUT2D eigenvalue weighted by molar-refractivity contribution is 0.387. The van der Waals surface area contributed by atoms with Gasteiger partial charge in [0.15, 0.2) is 0 Å². The van der Waals surface area contributed by atoms with Crippen LogP contribution in [-0.2, 0) is 6.54 Å². The fourth-order valence-electron chi connectivity index (χ4n) is 1.84. The summed E-state index contributed by atoms with van der Waals surface area (Å²) in [4.78, 5) is 6.55. The Morgan fingerprint density at radius 1 is 1.38 bits per heavy atom. The zero-order chi connectivity index (χ0) is 11.7. The lowest BCUT2D eigenvalue weighted by Gasteiger charge is -2.11. The van der Waals surface area contributed by atoms with Gasteiger partial charge in [-0.1, -0.05) is 12.1 Å². The largest absolute Gasteiger partial charge is 0.369 e. The fourth-order valence-corrected chi connectivity index (χ4v) is 1.84. The van der Waals surface area contributed by atoms with Crippen LogP contribution < -0.4 is 5.73 Å². The molecule has 1 heterocycles. The second kappa shape index (κ2) is 4.14. The Hall–Kier alpha value is -1.55. The average Bonchev–Trinajstić information content (AvgIpc) is 2.53. The summed E-state index contributed by atoms with van der Waals surface area (Å²) in [6.45, 7) is 3.90. The van der Waals surface area contributed by atoms with Crippen molar-refractivity contribution >= 4 is 17.0 Å². The van der Waals surface area contributed by atoms with Gasteiger partial charge in [-0.2, -0.15) is 0 Å². The molecule has 0 spiro atoms. The maximum atomic E-state index is 5.94. The molecular weight excluding hydrogens is 200 g/mol. The third-order valence-electron chi connectivity index (χ3n) is 2.78. The van der Waals surface area contributed by atoms with Gasteiger partial charge in [0, 0.05) is 13.1 Å². The Labute approximate surface area is 95.7 Å². The number of aryl methyl sites for hydroxylation is 1. The Balaban J connectivity index is 2.44. The van der Waals surface area contributed by atoms with Crippen molar-refractivity contribution in [2.45, 2.75) is 13.5 Å². The standard InChI is InChI=1S/C12H18N4/c1-9-5-4-6-10-11(9)14-12(13)16(10)8-7-15(2)3/h4-6H,7-8H2,1-3H3,(H2,13,14). The molecule has 0 fully saturated rings. The predicted molar refractivity (Wildman–Crippen MR) is 67.4 cm³/mol. The Morgan fingerprint density at radius 3 is 2.81 bits per heavy atom. The molecule has 0 aliphatic rings. The van der Waals surface area contributed by atoms with Gasteiger partial charge >= 0.3 is 0 Å². The van der Waals surface area contributed by atoms with Gasteiger partial charge in [-0.3, -0.25) is 0 Å². The molecule has 0 aliphatic carbocycles. The monoisotopic (exact) mass is 218 g/mol. The van der Waals surface area contributed by atoms with Gasteiger partial charge in [-0.05, 0) is 32.6 Å². The lowest BCUT2D eigenvalue weighted by atomic mass is 10.2. The first-order chi connectivity index (χ1) is 7.59. The highest BCUT2D eigenvalue weighted by Gasteiger charge is 2.09. The fraction of sp³-hybridized carbons (Fsp3) is 0.417. The van der Waals surface area contributed by atoms with Crippen LogP contribution in [0.25, 0.3) is 11.0 Å². The lowest BCUT2D eigenvalue weighted by Crippen LogP contribution is -2.19. The van der Waals surface area contributed by atoms with Crippen molar-refractivity contribution in [3.05, 3.63) is 23.8 Å². The Kier molecular flexibility index (Phi) is 2.83. The van der Waals surface area contributed by atoms with Crippen molar-refractivity contribution in [2.24, 2.45) is 0 Å². The van der Waals surface area contributed by atoms with E-state index in [-0.39, 0.29) is 0 Å². The van der Waals surface area contributed by atoms with E-state index < -0.39 is 0 Å². The molecule has 0 saturated carbocycles. The van der Waals surface area contributed by atoms with Crippen LogP contribution in [0.15, 0.2) is 18.2 Å². The van der Waals surface area contributed by atoms with Gasteiger partial charge in [-0.25, -0.2) is 4.98 Å². The third kappa shape index (κ3) is 1.88. The second-order valence-electron chi connectivity index (χ2n) is 4.37. The summed E-state index contributed by atoms with van der Waals surface area (Å²) in [5.41, 5.74) is 9.25. The van der Waals surface area contributed by atoms with Gasteiger partial charge in [0.2, 0.25) is 5.95 Å². The van der Waals surface area contributed by atoms with E-state index in [1.54, 1.807) is 0 Å². The first-order valence-electron chi connectivity index (χ1n) is 5.45. The molecule has 2 N–H and O–H groups in total. The summed E-state index contributed by atoms with van der Waals surface area (Å²) in [5.74, 6) is 0.603. The normalized spacial score (nSPS) is 11.5. The van der Waals surface area contributed by atoms with E-state index >= 15 is 0 Å². The van der Waals surface area contributed by atoms with Crippen molar-refractivity contribution in [3.8, 4) is 0 Å². The predicted octanol–water partition coefficient (Wildman–Crippen LogP) is 1.49. The van der Waals surface area contributed by atoms with Gasteiger partial charge < -0.3 is 15.2 Å². The first-order valence-corrected chi connectivity index (χ1v) is 5.45. The molecule has 0 radical (unpaired) electrons. The van der Waals surface area contributed by atoms with Gasteiger partial charge in [0.25, 0.3) is 0 Å². The van der Waals surface area contributed by atoms with E-state index in [2.05, 4.69) is 47.6 Å². The molecule has 1 aromatic carbocycles. The number of aromatic nitrogens is 2. The topological polar surface area (TPSA) is 47.1 Å². The number of anilines is 1. The highest BCUT2D eigenvalue weighted by Crippen LogP contribution is 2.20. The SMILES string of the molecule is Cc1cccc2c1nc(N)n2CCN(C)C. The Bertz CT molecular complexity index is 499. The van der Waals surface area contributed by atoms with E-state index in [1.807, 2.05) is 6.07 Å². The molecule has 86 valence electrons. The number of benzene rings is 1. The number of nitrogen functional groups attached to an aromatic ring is 1. The number of para-hydroxylation sites is 1. The summed E-state index contributed by atoms with van der Waals surface area (Å²) >= 11 is 0. The highest BCUT2D eigenvalue weighted by molar-refractivity contribution is 5.81. The summed E-state index contributed by atoms with van der Waals surface area (Å²) < 4.78 is 2.07. The number of nitrogens with zero attached hydrogens (tertiary/aromatic N) is 3. The molecule has 0 unspecified atom stereocenters. The minimum absolute atomic E-state index is 0.603. The van der Waals surface area contributed by atoms with Crippen molar-refractivity contribution in [2.75, 3.05) is 26.4 Å². The minimum Gasteiger partial charge on any atom is -0.369 e. The maximum absolute atomic E-state index is 5.94. The van der Waals surface area contributed by atoms with Crippen molar-refractivity contribution < 1.29 is 0 Å². The van der Waals surface area contributed by atoms with E-state index in [1.165, 1.54) is 5.56 Å². The zero-order valence-corrected chi connectivity index (χ0v) is 10.1. The van der Waals surface area contributed by atoms with Gasteiger partial charge in [-0.15, -0.1) is 0 Å². The molecule has 0 saturated heterocycles. The molecule has 4 heteroatoms. The number of nitrogens with two attached hydrogens (primary N) is 1. The van der Waals surface area contributed by atoms with Crippen LogP contribution in [0.1, 0.15) is 5.56 Å². The average molecular weight is 218 g/mol. The molecule has 4 nitrogen and oxygen atoms in total. The summed E-state index contributed by atoms with van der Waals surface area (Å²) in [5, 5.41) is 0. The molecule has 0 amide bonds. The van der Waals surface area contributed by atoms with Crippen LogP contribution in [0.3, 0.4) is 0 Å². The van der Waals surface area contributed by atoms with Gasteiger partial charge in [0.05, 0.1) is 11.0 Å².